The smallest absolute Gasteiger partial charge is 0.433 e. The number of nitrogens with zero attached hydrogens (tertiary/aromatic N) is 2. The lowest BCUT2D eigenvalue weighted by Gasteiger charge is -2.20. The van der Waals surface area contributed by atoms with Crippen LogP contribution in [0.4, 0.5) is 13.2 Å². The highest BCUT2D eigenvalue weighted by Gasteiger charge is 2.38. The summed E-state index contributed by atoms with van der Waals surface area (Å²) in [6.45, 7) is 2.50. The predicted octanol–water partition coefficient (Wildman–Crippen LogP) is 2.71. The maximum Gasteiger partial charge on any atom is 0.433 e. The van der Waals surface area contributed by atoms with Gasteiger partial charge in [-0.05, 0) is 18.6 Å². The average Bonchev–Trinajstić information content (AvgIpc) is 2.82. The summed E-state index contributed by atoms with van der Waals surface area (Å²) < 4.78 is 44.6. The summed E-state index contributed by atoms with van der Waals surface area (Å²) in [6.07, 6.45) is -2.63. The maximum atomic E-state index is 13.1. The second-order valence-electron chi connectivity index (χ2n) is 4.68. The molecule has 2 aromatic heterocycles. The van der Waals surface area contributed by atoms with E-state index in [0.717, 1.165) is 0 Å². The van der Waals surface area contributed by atoms with E-state index in [9.17, 15) is 13.2 Å². The number of alkyl halides is 3. The molecule has 0 saturated heterocycles. The first kappa shape index (κ1) is 13.1. The topological polar surface area (TPSA) is 51.0 Å². The fourth-order valence-electron chi connectivity index (χ4n) is 2.28. The van der Waals surface area contributed by atoms with Crippen molar-refractivity contribution in [1.29, 1.82) is 0 Å². The molecule has 0 spiro atoms. The Morgan fingerprint density at radius 3 is 2.75 bits per heavy atom. The molecule has 1 aliphatic rings. The van der Waals surface area contributed by atoms with Gasteiger partial charge in [0.15, 0.2) is 17.3 Å². The fraction of sp³-hybridized carbons (Fsp3) is 0.385. The van der Waals surface area contributed by atoms with Crippen LogP contribution in [0, 0.1) is 6.92 Å². The molecule has 0 atom stereocenters. The minimum Gasteiger partial charge on any atom is -0.461 e. The number of furan rings is 1. The minimum absolute atomic E-state index is 0.000440. The Morgan fingerprint density at radius 2 is 2.10 bits per heavy atom. The van der Waals surface area contributed by atoms with E-state index >= 15 is 0 Å². The zero-order valence-corrected chi connectivity index (χ0v) is 10.7. The van der Waals surface area contributed by atoms with Crippen LogP contribution in [0.25, 0.3) is 11.6 Å². The first-order valence-corrected chi connectivity index (χ1v) is 6.19. The second kappa shape index (κ2) is 4.59. The van der Waals surface area contributed by atoms with E-state index in [1.807, 2.05) is 0 Å². The highest BCUT2D eigenvalue weighted by atomic mass is 19.4. The standard InChI is InChI=1S/C13H12F3N3O/c1-7-3-5-20-10(7)12-18-9-2-4-17-6-8(9)11(19-12)13(14,15)16/h3,5,17H,2,4,6H2,1H3. The number of nitrogens with one attached hydrogen (secondary N) is 1. The van der Waals surface area contributed by atoms with Gasteiger partial charge in [-0.3, -0.25) is 0 Å². The number of halogens is 3. The molecule has 0 aliphatic carbocycles. The third kappa shape index (κ3) is 2.18. The van der Waals surface area contributed by atoms with Crippen LogP contribution in [-0.4, -0.2) is 16.5 Å². The van der Waals surface area contributed by atoms with Gasteiger partial charge in [-0.15, -0.1) is 0 Å². The molecular formula is C13H12F3N3O. The number of hydrogen-bond acceptors (Lipinski definition) is 4. The van der Waals surface area contributed by atoms with Crippen molar-refractivity contribution in [1.82, 2.24) is 15.3 Å². The van der Waals surface area contributed by atoms with Crippen LogP contribution in [0.2, 0.25) is 0 Å². The van der Waals surface area contributed by atoms with E-state index in [2.05, 4.69) is 15.3 Å². The molecule has 106 valence electrons. The van der Waals surface area contributed by atoms with Gasteiger partial charge in [-0.2, -0.15) is 13.2 Å². The van der Waals surface area contributed by atoms with Crippen molar-refractivity contribution in [2.24, 2.45) is 0 Å². The molecule has 0 fully saturated rings. The number of rotatable bonds is 1. The molecule has 1 aliphatic heterocycles. The molecule has 1 N–H and O–H groups in total. The summed E-state index contributed by atoms with van der Waals surface area (Å²) in [7, 11) is 0. The lowest BCUT2D eigenvalue weighted by atomic mass is 10.0. The van der Waals surface area contributed by atoms with Crippen molar-refractivity contribution in [3.63, 3.8) is 0 Å². The lowest BCUT2D eigenvalue weighted by molar-refractivity contribution is -0.142. The third-order valence-corrected chi connectivity index (χ3v) is 3.27. The molecular weight excluding hydrogens is 271 g/mol. The summed E-state index contributed by atoms with van der Waals surface area (Å²) >= 11 is 0. The third-order valence-electron chi connectivity index (χ3n) is 3.27. The lowest BCUT2D eigenvalue weighted by Crippen LogP contribution is -2.29. The first-order chi connectivity index (χ1) is 9.47. The molecule has 3 heterocycles. The highest BCUT2D eigenvalue weighted by Crippen LogP contribution is 2.34. The van der Waals surface area contributed by atoms with Crippen molar-refractivity contribution in [3.05, 3.63) is 34.8 Å². The van der Waals surface area contributed by atoms with Gasteiger partial charge in [-0.1, -0.05) is 0 Å². The molecule has 4 nitrogen and oxygen atoms in total. The summed E-state index contributed by atoms with van der Waals surface area (Å²) in [5.41, 5.74) is 0.418. The Kier molecular flexibility index (Phi) is 3.01. The summed E-state index contributed by atoms with van der Waals surface area (Å²) in [4.78, 5) is 7.94. The Bertz CT molecular complexity index is 649. The molecule has 0 amide bonds. The van der Waals surface area contributed by atoms with E-state index in [1.54, 1.807) is 13.0 Å². The second-order valence-corrected chi connectivity index (χ2v) is 4.68. The number of aryl methyl sites for hydroxylation is 1. The summed E-state index contributed by atoms with van der Waals surface area (Å²) in [5, 5.41) is 2.92. The molecule has 20 heavy (non-hydrogen) atoms. The van der Waals surface area contributed by atoms with E-state index in [0.29, 0.717) is 24.2 Å². The molecule has 0 unspecified atom stereocenters. The molecule has 3 rings (SSSR count). The Labute approximate surface area is 113 Å². The van der Waals surface area contributed by atoms with Gasteiger partial charge in [0.05, 0.1) is 12.0 Å². The van der Waals surface area contributed by atoms with Crippen LogP contribution in [0.5, 0.6) is 0 Å². The van der Waals surface area contributed by atoms with Gasteiger partial charge in [-0.25, -0.2) is 9.97 Å². The molecule has 0 radical (unpaired) electrons. The molecule has 0 aromatic carbocycles. The molecule has 2 aromatic rings. The SMILES string of the molecule is Cc1ccoc1-c1nc2c(c(C(F)(F)F)n1)CNCC2. The van der Waals surface area contributed by atoms with Crippen LogP contribution in [0.3, 0.4) is 0 Å². The van der Waals surface area contributed by atoms with E-state index < -0.39 is 11.9 Å². The highest BCUT2D eigenvalue weighted by molar-refractivity contribution is 5.53. The van der Waals surface area contributed by atoms with E-state index in [4.69, 9.17) is 4.42 Å². The minimum atomic E-state index is -4.50. The van der Waals surface area contributed by atoms with E-state index in [1.165, 1.54) is 6.26 Å². The summed E-state index contributed by atoms with van der Waals surface area (Å²) in [6, 6.07) is 1.67. The Morgan fingerprint density at radius 1 is 1.30 bits per heavy atom. The zero-order chi connectivity index (χ0) is 14.3. The van der Waals surface area contributed by atoms with Gasteiger partial charge >= 0.3 is 6.18 Å². The van der Waals surface area contributed by atoms with Crippen molar-refractivity contribution in [2.45, 2.75) is 26.1 Å². The molecule has 0 bridgehead atoms. The van der Waals surface area contributed by atoms with Crippen LogP contribution in [0.1, 0.15) is 22.5 Å². The normalized spacial score (nSPS) is 15.2. The van der Waals surface area contributed by atoms with Gasteiger partial charge < -0.3 is 9.73 Å². The quantitative estimate of drug-likeness (QED) is 0.874. The van der Waals surface area contributed by atoms with Crippen LogP contribution in [0.15, 0.2) is 16.7 Å². The van der Waals surface area contributed by atoms with Gasteiger partial charge in [0.2, 0.25) is 0 Å². The average molecular weight is 283 g/mol. The van der Waals surface area contributed by atoms with Crippen molar-refractivity contribution in [2.75, 3.05) is 6.54 Å². The number of hydrogen-bond donors (Lipinski definition) is 1. The van der Waals surface area contributed by atoms with E-state index in [-0.39, 0.29) is 23.7 Å². The maximum absolute atomic E-state index is 13.1. The van der Waals surface area contributed by atoms with Crippen LogP contribution in [-0.2, 0) is 19.1 Å². The van der Waals surface area contributed by atoms with Crippen molar-refractivity contribution >= 4 is 0 Å². The largest absolute Gasteiger partial charge is 0.461 e. The number of aromatic nitrogens is 2. The van der Waals surface area contributed by atoms with Crippen LogP contribution < -0.4 is 5.32 Å². The van der Waals surface area contributed by atoms with Gasteiger partial charge in [0.25, 0.3) is 0 Å². The fourth-order valence-corrected chi connectivity index (χ4v) is 2.28. The Balaban J connectivity index is 2.21. The van der Waals surface area contributed by atoms with Crippen molar-refractivity contribution in [3.8, 4) is 11.6 Å². The molecule has 0 saturated carbocycles. The number of fused-ring (bicyclic) bond motifs is 1. The van der Waals surface area contributed by atoms with Gasteiger partial charge in [0.1, 0.15) is 0 Å². The Hall–Kier alpha value is -1.89. The summed E-state index contributed by atoms with van der Waals surface area (Å²) in [5.74, 6) is 0.289. The van der Waals surface area contributed by atoms with Gasteiger partial charge in [0, 0.05) is 25.1 Å². The zero-order valence-electron chi connectivity index (χ0n) is 10.7. The van der Waals surface area contributed by atoms with Crippen molar-refractivity contribution < 1.29 is 17.6 Å². The molecule has 7 heteroatoms. The first-order valence-electron chi connectivity index (χ1n) is 6.19. The van der Waals surface area contributed by atoms with Crippen LogP contribution >= 0.6 is 0 Å². The monoisotopic (exact) mass is 283 g/mol. The predicted molar refractivity (Wildman–Crippen MR) is 64.9 cm³/mol.